The number of aromatic hydroxyl groups is 1. The molecule has 2 aromatic carbocycles. The van der Waals surface area contributed by atoms with Crippen LogP contribution in [0, 0.1) is 0 Å². The number of hydrazone groups is 1. The average molecular weight is 289 g/mol. The summed E-state index contributed by atoms with van der Waals surface area (Å²) in [6.45, 7) is 1.78. The molecule has 2 aromatic rings. The second-order valence-corrected chi connectivity index (χ2v) is 4.63. The number of halogens is 1. The van der Waals surface area contributed by atoms with Gasteiger partial charge in [0.05, 0.1) is 5.71 Å². The number of nitrogens with zero attached hydrogens (tertiary/aromatic N) is 1. The summed E-state index contributed by atoms with van der Waals surface area (Å²) in [6.07, 6.45) is 0. The van der Waals surface area contributed by atoms with E-state index in [-0.39, 0.29) is 11.7 Å². The maximum absolute atomic E-state index is 11.8. The zero-order valence-electron chi connectivity index (χ0n) is 10.8. The molecular formula is C15H13ClN2O2. The van der Waals surface area contributed by atoms with Gasteiger partial charge in [0.15, 0.2) is 0 Å². The SMILES string of the molecule is C/C(=N/NC(=O)c1cccc(O)c1)c1ccc(Cl)cc1. The van der Waals surface area contributed by atoms with Crippen LogP contribution in [0.3, 0.4) is 0 Å². The standard InChI is InChI=1S/C15H13ClN2O2/c1-10(11-5-7-13(16)8-6-11)17-18-15(20)12-3-2-4-14(19)9-12/h2-9,19H,1H3,(H,18,20)/b17-10-. The van der Waals surface area contributed by atoms with Gasteiger partial charge in [0, 0.05) is 10.6 Å². The fourth-order valence-corrected chi connectivity index (χ4v) is 1.73. The summed E-state index contributed by atoms with van der Waals surface area (Å²) in [5.41, 5.74) is 4.32. The van der Waals surface area contributed by atoms with Crippen LogP contribution < -0.4 is 5.43 Å². The molecule has 0 saturated heterocycles. The number of carbonyl (C=O) groups is 1. The van der Waals surface area contributed by atoms with E-state index in [1.165, 1.54) is 12.1 Å². The van der Waals surface area contributed by atoms with Crippen LogP contribution in [0.25, 0.3) is 0 Å². The molecule has 102 valence electrons. The zero-order valence-corrected chi connectivity index (χ0v) is 11.6. The van der Waals surface area contributed by atoms with Crippen LogP contribution in [0.15, 0.2) is 53.6 Å². The summed E-state index contributed by atoms with van der Waals surface area (Å²) < 4.78 is 0. The van der Waals surface area contributed by atoms with Crippen molar-refractivity contribution in [1.29, 1.82) is 0 Å². The number of hydrogen-bond donors (Lipinski definition) is 2. The predicted octanol–water partition coefficient (Wildman–Crippen LogP) is 3.20. The first-order valence-corrected chi connectivity index (χ1v) is 6.33. The summed E-state index contributed by atoms with van der Waals surface area (Å²) in [5.74, 6) is -0.342. The molecule has 0 fully saturated rings. The molecule has 0 aliphatic heterocycles. The van der Waals surface area contributed by atoms with Gasteiger partial charge in [-0.3, -0.25) is 4.79 Å². The first-order chi connectivity index (χ1) is 9.56. The lowest BCUT2D eigenvalue weighted by Crippen LogP contribution is -2.19. The molecule has 0 aliphatic rings. The molecule has 0 spiro atoms. The van der Waals surface area contributed by atoms with E-state index in [4.69, 9.17) is 11.6 Å². The van der Waals surface area contributed by atoms with E-state index in [9.17, 15) is 9.90 Å². The summed E-state index contributed by atoms with van der Waals surface area (Å²) >= 11 is 5.81. The minimum atomic E-state index is -0.380. The molecule has 4 nitrogen and oxygen atoms in total. The summed E-state index contributed by atoms with van der Waals surface area (Å²) in [7, 11) is 0. The number of phenols is 1. The Kier molecular flexibility index (Phi) is 4.38. The quantitative estimate of drug-likeness (QED) is 0.673. The molecule has 2 rings (SSSR count). The Morgan fingerprint density at radius 1 is 1.15 bits per heavy atom. The maximum Gasteiger partial charge on any atom is 0.271 e. The van der Waals surface area contributed by atoms with Gasteiger partial charge in [-0.2, -0.15) is 5.10 Å². The van der Waals surface area contributed by atoms with Crippen LogP contribution in [-0.2, 0) is 0 Å². The fraction of sp³-hybridized carbons (Fsp3) is 0.0667. The molecule has 0 unspecified atom stereocenters. The molecule has 20 heavy (non-hydrogen) atoms. The molecule has 2 N–H and O–H groups in total. The Hall–Kier alpha value is -2.33. The molecule has 0 heterocycles. The van der Waals surface area contributed by atoms with Crippen LogP contribution in [0.5, 0.6) is 5.75 Å². The van der Waals surface area contributed by atoms with E-state index >= 15 is 0 Å². The van der Waals surface area contributed by atoms with Crippen molar-refractivity contribution in [1.82, 2.24) is 5.43 Å². The number of benzene rings is 2. The van der Waals surface area contributed by atoms with Gasteiger partial charge >= 0.3 is 0 Å². The van der Waals surface area contributed by atoms with Gasteiger partial charge in [0.2, 0.25) is 0 Å². The lowest BCUT2D eigenvalue weighted by Gasteiger charge is -2.03. The van der Waals surface area contributed by atoms with Crippen LogP contribution in [0.1, 0.15) is 22.8 Å². The van der Waals surface area contributed by atoms with Crippen molar-refractivity contribution < 1.29 is 9.90 Å². The molecule has 0 aromatic heterocycles. The largest absolute Gasteiger partial charge is 0.508 e. The van der Waals surface area contributed by atoms with Crippen LogP contribution in [-0.4, -0.2) is 16.7 Å². The van der Waals surface area contributed by atoms with Gasteiger partial charge in [0.25, 0.3) is 5.91 Å². The minimum Gasteiger partial charge on any atom is -0.508 e. The Labute approximate surface area is 121 Å². The topological polar surface area (TPSA) is 61.7 Å². The van der Waals surface area contributed by atoms with Gasteiger partial charge in [-0.15, -0.1) is 0 Å². The highest BCUT2D eigenvalue weighted by Gasteiger charge is 2.05. The highest BCUT2D eigenvalue weighted by Crippen LogP contribution is 2.11. The summed E-state index contributed by atoms with van der Waals surface area (Å²) in [4.78, 5) is 11.8. The van der Waals surface area contributed by atoms with Gasteiger partial charge < -0.3 is 5.11 Å². The molecule has 0 radical (unpaired) electrons. The summed E-state index contributed by atoms with van der Waals surface area (Å²) in [5, 5.41) is 14.0. The van der Waals surface area contributed by atoms with Crippen molar-refractivity contribution >= 4 is 23.2 Å². The number of phenolic OH excluding ortho intramolecular Hbond substituents is 1. The molecule has 0 bridgehead atoms. The smallest absolute Gasteiger partial charge is 0.271 e. The fourth-order valence-electron chi connectivity index (χ4n) is 1.60. The molecule has 5 heteroatoms. The molecular weight excluding hydrogens is 276 g/mol. The lowest BCUT2D eigenvalue weighted by atomic mass is 10.1. The third-order valence-electron chi connectivity index (χ3n) is 2.70. The monoisotopic (exact) mass is 288 g/mol. The molecule has 0 aliphatic carbocycles. The van der Waals surface area contributed by atoms with Crippen molar-refractivity contribution in [2.75, 3.05) is 0 Å². The van der Waals surface area contributed by atoms with E-state index in [2.05, 4.69) is 10.5 Å². The van der Waals surface area contributed by atoms with Crippen LogP contribution in [0.4, 0.5) is 0 Å². The summed E-state index contributed by atoms with van der Waals surface area (Å²) in [6, 6.07) is 13.2. The third kappa shape index (κ3) is 3.59. The van der Waals surface area contributed by atoms with Crippen molar-refractivity contribution in [2.24, 2.45) is 5.10 Å². The molecule has 1 amide bonds. The van der Waals surface area contributed by atoms with E-state index in [0.29, 0.717) is 16.3 Å². The van der Waals surface area contributed by atoms with Gasteiger partial charge in [-0.05, 0) is 42.8 Å². The second-order valence-electron chi connectivity index (χ2n) is 4.20. The van der Waals surface area contributed by atoms with Crippen molar-refractivity contribution in [3.05, 3.63) is 64.7 Å². The van der Waals surface area contributed by atoms with Crippen molar-refractivity contribution in [3.8, 4) is 5.75 Å². The number of amides is 1. The number of hydrogen-bond acceptors (Lipinski definition) is 3. The van der Waals surface area contributed by atoms with Gasteiger partial charge in [0.1, 0.15) is 5.75 Å². The normalized spacial score (nSPS) is 11.2. The van der Waals surface area contributed by atoms with Crippen LogP contribution >= 0.6 is 11.6 Å². The third-order valence-corrected chi connectivity index (χ3v) is 2.95. The highest BCUT2D eigenvalue weighted by atomic mass is 35.5. The highest BCUT2D eigenvalue weighted by molar-refractivity contribution is 6.30. The van der Waals surface area contributed by atoms with E-state index in [1.807, 2.05) is 12.1 Å². The average Bonchev–Trinajstić information content (AvgIpc) is 2.45. The lowest BCUT2D eigenvalue weighted by molar-refractivity contribution is 0.0954. The van der Waals surface area contributed by atoms with Crippen molar-refractivity contribution in [3.63, 3.8) is 0 Å². The number of carbonyl (C=O) groups excluding carboxylic acids is 1. The first kappa shape index (κ1) is 14.1. The minimum absolute atomic E-state index is 0.0380. The second kappa shape index (κ2) is 6.21. The predicted molar refractivity (Wildman–Crippen MR) is 79.2 cm³/mol. The van der Waals surface area contributed by atoms with Crippen molar-refractivity contribution in [2.45, 2.75) is 6.92 Å². The Balaban J connectivity index is 2.08. The van der Waals surface area contributed by atoms with E-state index in [0.717, 1.165) is 5.56 Å². The molecule has 0 saturated carbocycles. The first-order valence-electron chi connectivity index (χ1n) is 5.96. The Morgan fingerprint density at radius 2 is 1.85 bits per heavy atom. The number of nitrogens with one attached hydrogen (secondary N) is 1. The zero-order chi connectivity index (χ0) is 14.5. The van der Waals surface area contributed by atoms with Gasteiger partial charge in [-0.1, -0.05) is 29.8 Å². The Morgan fingerprint density at radius 3 is 2.50 bits per heavy atom. The number of rotatable bonds is 3. The Bertz CT molecular complexity index is 651. The maximum atomic E-state index is 11.8. The van der Waals surface area contributed by atoms with Crippen LogP contribution in [0.2, 0.25) is 5.02 Å². The van der Waals surface area contributed by atoms with E-state index in [1.54, 1.807) is 31.2 Å². The van der Waals surface area contributed by atoms with Gasteiger partial charge in [-0.25, -0.2) is 5.43 Å². The van der Waals surface area contributed by atoms with E-state index < -0.39 is 0 Å². The molecule has 0 atom stereocenters.